The largest absolute Gasteiger partial charge is 0.396 e. The Balaban J connectivity index is 1.55. The molecule has 1 N–H and O–H groups in total. The van der Waals surface area contributed by atoms with Crippen molar-refractivity contribution in [2.24, 2.45) is 50.2 Å². The first-order valence-electron chi connectivity index (χ1n) is 13.5. The molecule has 5 aliphatic rings. The number of Topliss-reactive ketones (excluding diaryl/α,β-unsaturated/α-hetero) is 1. The van der Waals surface area contributed by atoms with Crippen molar-refractivity contribution in [3.63, 3.8) is 0 Å². The molecule has 0 heterocycles. The molecule has 0 aromatic heterocycles. The molecule has 0 amide bonds. The Morgan fingerprint density at radius 1 is 0.774 bits per heavy atom. The smallest absolute Gasteiger partial charge is 0.133 e. The number of fused-ring (bicyclic) bond motifs is 7. The van der Waals surface area contributed by atoms with E-state index in [2.05, 4.69) is 41.5 Å². The van der Waals surface area contributed by atoms with Crippen LogP contribution < -0.4 is 0 Å². The van der Waals surface area contributed by atoms with Crippen molar-refractivity contribution < 1.29 is 9.90 Å². The van der Waals surface area contributed by atoms with Crippen LogP contribution in [0.3, 0.4) is 0 Å². The molecular formula is C29H48O2. The van der Waals surface area contributed by atoms with Crippen molar-refractivity contribution in [2.75, 3.05) is 6.61 Å². The van der Waals surface area contributed by atoms with Gasteiger partial charge in [-0.1, -0.05) is 41.5 Å². The molecule has 5 fully saturated rings. The van der Waals surface area contributed by atoms with Crippen LogP contribution in [0.15, 0.2) is 0 Å². The second-order valence-electron chi connectivity index (χ2n) is 14.8. The van der Waals surface area contributed by atoms with Gasteiger partial charge < -0.3 is 5.11 Å². The van der Waals surface area contributed by atoms with E-state index >= 15 is 0 Å². The first-order chi connectivity index (χ1) is 14.3. The van der Waals surface area contributed by atoms with Gasteiger partial charge in [0.2, 0.25) is 0 Å². The van der Waals surface area contributed by atoms with Gasteiger partial charge in [-0.15, -0.1) is 0 Å². The molecule has 0 aromatic rings. The number of aliphatic hydroxyl groups is 1. The Labute approximate surface area is 191 Å². The van der Waals surface area contributed by atoms with E-state index in [-0.39, 0.29) is 10.8 Å². The van der Waals surface area contributed by atoms with Crippen LogP contribution in [0.4, 0.5) is 0 Å². The van der Waals surface area contributed by atoms with Gasteiger partial charge in [0.05, 0.1) is 0 Å². The first-order valence-corrected chi connectivity index (χ1v) is 13.5. The number of rotatable bonds is 1. The zero-order valence-electron chi connectivity index (χ0n) is 21.3. The summed E-state index contributed by atoms with van der Waals surface area (Å²) in [5.74, 6) is 2.65. The Morgan fingerprint density at radius 2 is 1.42 bits per heavy atom. The Kier molecular flexibility index (Phi) is 4.78. The van der Waals surface area contributed by atoms with Crippen LogP contribution >= 0.6 is 0 Å². The van der Waals surface area contributed by atoms with E-state index in [0.29, 0.717) is 45.9 Å². The molecule has 5 rings (SSSR count). The predicted molar refractivity (Wildman–Crippen MR) is 127 cm³/mol. The van der Waals surface area contributed by atoms with Crippen LogP contribution in [0.2, 0.25) is 0 Å². The molecule has 0 radical (unpaired) electrons. The van der Waals surface area contributed by atoms with E-state index in [4.69, 9.17) is 0 Å². The molecule has 0 saturated heterocycles. The third-order valence-corrected chi connectivity index (χ3v) is 13.0. The van der Waals surface area contributed by atoms with Crippen molar-refractivity contribution in [3.8, 4) is 0 Å². The summed E-state index contributed by atoms with van der Waals surface area (Å²) in [6.07, 6.45) is 14.3. The number of ketones is 1. The quantitative estimate of drug-likeness (QED) is 0.480. The third kappa shape index (κ3) is 2.82. The van der Waals surface area contributed by atoms with Crippen LogP contribution in [0.1, 0.15) is 119 Å². The van der Waals surface area contributed by atoms with Crippen molar-refractivity contribution in [1.82, 2.24) is 0 Å². The number of hydrogen-bond acceptors (Lipinski definition) is 2. The Morgan fingerprint density at radius 3 is 2.13 bits per heavy atom. The van der Waals surface area contributed by atoms with Gasteiger partial charge in [-0.05, 0) is 114 Å². The molecule has 176 valence electrons. The molecular weight excluding hydrogens is 380 g/mol. The summed E-state index contributed by atoms with van der Waals surface area (Å²) in [4.78, 5) is 12.4. The van der Waals surface area contributed by atoms with Gasteiger partial charge in [0.1, 0.15) is 5.78 Å². The number of carbonyl (C=O) groups excluding carboxylic acids is 1. The fraction of sp³-hybridized carbons (Fsp3) is 0.966. The van der Waals surface area contributed by atoms with E-state index in [9.17, 15) is 9.90 Å². The highest BCUT2D eigenvalue weighted by atomic mass is 16.3. The third-order valence-electron chi connectivity index (χ3n) is 13.0. The molecule has 5 saturated carbocycles. The van der Waals surface area contributed by atoms with E-state index in [0.717, 1.165) is 25.2 Å². The van der Waals surface area contributed by atoms with E-state index in [1.807, 2.05) is 0 Å². The fourth-order valence-electron chi connectivity index (χ4n) is 11.0. The van der Waals surface area contributed by atoms with E-state index in [1.165, 1.54) is 57.8 Å². The summed E-state index contributed by atoms with van der Waals surface area (Å²) in [5, 5.41) is 10.7. The van der Waals surface area contributed by atoms with Crippen LogP contribution in [0.5, 0.6) is 0 Å². The fourth-order valence-corrected chi connectivity index (χ4v) is 11.0. The molecule has 2 heteroatoms. The zero-order valence-corrected chi connectivity index (χ0v) is 21.3. The topological polar surface area (TPSA) is 37.3 Å². The van der Waals surface area contributed by atoms with Gasteiger partial charge >= 0.3 is 0 Å². The lowest BCUT2D eigenvalue weighted by Gasteiger charge is -2.74. The van der Waals surface area contributed by atoms with E-state index in [1.54, 1.807) is 0 Å². The second kappa shape index (κ2) is 6.61. The summed E-state index contributed by atoms with van der Waals surface area (Å²) < 4.78 is 0. The van der Waals surface area contributed by atoms with Crippen LogP contribution in [0.25, 0.3) is 0 Å². The molecule has 8 atom stereocenters. The normalized spacial score (nSPS) is 56.1. The van der Waals surface area contributed by atoms with Gasteiger partial charge in [0.25, 0.3) is 0 Å². The Hall–Kier alpha value is -0.370. The number of carbonyl (C=O) groups is 1. The van der Waals surface area contributed by atoms with E-state index < -0.39 is 0 Å². The lowest BCUT2D eigenvalue weighted by atomic mass is 9.30. The van der Waals surface area contributed by atoms with Crippen LogP contribution in [0, 0.1) is 50.2 Å². The van der Waals surface area contributed by atoms with Crippen molar-refractivity contribution in [2.45, 2.75) is 119 Å². The van der Waals surface area contributed by atoms with Gasteiger partial charge in [0.15, 0.2) is 0 Å². The second-order valence-corrected chi connectivity index (χ2v) is 14.8. The Bertz CT molecular complexity index is 771. The van der Waals surface area contributed by atoms with Crippen LogP contribution in [-0.2, 0) is 4.79 Å². The molecule has 8 unspecified atom stereocenters. The standard InChI is InChI=1S/C29H48O2/c1-24(2)11-15-29(19-30)16-14-27(5)22-9-10-25(3)17-20(31)7-8-21(25)26(22,4)12-13-28(27,6)23(29)18-24/h21-23,30H,7-19H2,1-6H3. The highest BCUT2D eigenvalue weighted by Gasteiger charge is 2.70. The lowest BCUT2D eigenvalue weighted by molar-refractivity contribution is -0.259. The first kappa shape index (κ1) is 22.4. The maximum atomic E-state index is 12.4. The summed E-state index contributed by atoms with van der Waals surface area (Å²) >= 11 is 0. The predicted octanol–water partition coefficient (Wildman–Crippen LogP) is 7.18. The maximum Gasteiger partial charge on any atom is 0.133 e. The average Bonchev–Trinajstić information content (AvgIpc) is 2.69. The summed E-state index contributed by atoms with van der Waals surface area (Å²) in [6.45, 7) is 15.8. The SMILES string of the molecule is CC1(C)CCC2(CO)CCC3(C)C4CCC5(C)CC(=O)CCC5C4(C)CCC3(C)C2C1. The molecule has 31 heavy (non-hydrogen) atoms. The summed E-state index contributed by atoms with van der Waals surface area (Å²) in [6, 6.07) is 0. The van der Waals surface area contributed by atoms with Crippen molar-refractivity contribution >= 4 is 5.78 Å². The van der Waals surface area contributed by atoms with Gasteiger partial charge in [-0.2, -0.15) is 0 Å². The highest BCUT2D eigenvalue weighted by molar-refractivity contribution is 5.80. The minimum atomic E-state index is 0.165. The number of hydrogen-bond donors (Lipinski definition) is 1. The summed E-state index contributed by atoms with van der Waals surface area (Å²) in [7, 11) is 0. The molecule has 2 nitrogen and oxygen atoms in total. The highest BCUT2D eigenvalue weighted by Crippen LogP contribution is 2.78. The van der Waals surface area contributed by atoms with Crippen molar-refractivity contribution in [3.05, 3.63) is 0 Å². The number of aliphatic hydroxyl groups excluding tert-OH is 1. The average molecular weight is 429 g/mol. The van der Waals surface area contributed by atoms with Gasteiger partial charge in [-0.25, -0.2) is 0 Å². The molecule has 5 aliphatic carbocycles. The van der Waals surface area contributed by atoms with Crippen molar-refractivity contribution in [1.29, 1.82) is 0 Å². The van der Waals surface area contributed by atoms with Gasteiger partial charge in [0, 0.05) is 19.4 Å². The van der Waals surface area contributed by atoms with Crippen LogP contribution in [-0.4, -0.2) is 17.5 Å². The lowest BCUT2D eigenvalue weighted by Crippen LogP contribution is -2.67. The molecule has 0 bridgehead atoms. The van der Waals surface area contributed by atoms with Gasteiger partial charge in [-0.3, -0.25) is 4.79 Å². The summed E-state index contributed by atoms with van der Waals surface area (Å²) in [5.41, 5.74) is 1.87. The minimum absolute atomic E-state index is 0.165. The molecule has 0 aliphatic heterocycles. The monoisotopic (exact) mass is 428 g/mol. The molecule has 0 aromatic carbocycles. The zero-order chi connectivity index (χ0) is 22.5. The maximum absolute atomic E-state index is 12.4. The minimum Gasteiger partial charge on any atom is -0.396 e. The molecule has 0 spiro atoms.